The summed E-state index contributed by atoms with van der Waals surface area (Å²) in [7, 11) is 0. The van der Waals surface area contributed by atoms with Crippen LogP contribution in [-0.4, -0.2) is 37.2 Å². The number of fused-ring (bicyclic) bond motifs is 1. The van der Waals surface area contributed by atoms with E-state index in [1.807, 2.05) is 6.20 Å². The normalized spacial score (nSPS) is 16.6. The van der Waals surface area contributed by atoms with Crippen LogP contribution in [-0.2, 0) is 16.0 Å². The highest BCUT2D eigenvalue weighted by molar-refractivity contribution is 5.86. The highest BCUT2D eigenvalue weighted by Crippen LogP contribution is 2.29. The molecule has 2 aromatic rings. The van der Waals surface area contributed by atoms with Crippen LogP contribution >= 0.6 is 12.4 Å². The van der Waals surface area contributed by atoms with Crippen LogP contribution in [0.1, 0.15) is 24.0 Å². The Morgan fingerprint density at radius 2 is 2.12 bits per heavy atom. The molecular weight excluding hydrogens is 326 g/mol. The van der Waals surface area contributed by atoms with Gasteiger partial charge in [-0.05, 0) is 37.3 Å². The molecule has 3 rings (SSSR count). The maximum atomic E-state index is 12.5. The van der Waals surface area contributed by atoms with Gasteiger partial charge in [0.25, 0.3) is 0 Å². The van der Waals surface area contributed by atoms with Crippen LogP contribution in [0.5, 0.6) is 0 Å². The van der Waals surface area contributed by atoms with Gasteiger partial charge in [-0.3, -0.25) is 4.79 Å². The van der Waals surface area contributed by atoms with Crippen molar-refractivity contribution in [2.45, 2.75) is 26.2 Å². The second-order valence-electron chi connectivity index (χ2n) is 6.41. The molecule has 1 fully saturated rings. The van der Waals surface area contributed by atoms with E-state index in [9.17, 15) is 4.79 Å². The number of amides is 1. The van der Waals surface area contributed by atoms with E-state index >= 15 is 0 Å². The smallest absolute Gasteiger partial charge is 0.227 e. The summed E-state index contributed by atoms with van der Waals surface area (Å²) in [6.45, 7) is 4.34. The van der Waals surface area contributed by atoms with E-state index in [0.29, 0.717) is 39.1 Å². The predicted molar refractivity (Wildman–Crippen MR) is 98.5 cm³/mol. The lowest BCUT2D eigenvalue weighted by atomic mass is 9.79. The van der Waals surface area contributed by atoms with E-state index in [1.165, 1.54) is 22.0 Å². The molecule has 0 unspecified atom stereocenters. The number of nitrogens with one attached hydrogen (secondary N) is 2. The van der Waals surface area contributed by atoms with Gasteiger partial charge in [0.2, 0.25) is 5.91 Å². The zero-order valence-corrected chi connectivity index (χ0v) is 14.9. The second kappa shape index (κ2) is 8.01. The number of benzene rings is 1. The minimum absolute atomic E-state index is 0. The monoisotopic (exact) mass is 351 g/mol. The number of para-hydroxylation sites is 1. The summed E-state index contributed by atoms with van der Waals surface area (Å²) in [6, 6.07) is 6.29. The number of H-pyrrole nitrogens is 1. The van der Waals surface area contributed by atoms with Gasteiger partial charge in [0, 0.05) is 43.4 Å². The number of ether oxygens (including phenoxy) is 1. The molecule has 0 atom stereocenters. The predicted octanol–water partition coefficient (Wildman–Crippen LogP) is 2.31. The first kappa shape index (κ1) is 18.8. The molecule has 0 aliphatic carbocycles. The molecule has 2 heterocycles. The van der Waals surface area contributed by atoms with Crippen molar-refractivity contribution >= 4 is 29.2 Å². The molecule has 4 N–H and O–H groups in total. The van der Waals surface area contributed by atoms with Gasteiger partial charge in [0.1, 0.15) is 0 Å². The van der Waals surface area contributed by atoms with Gasteiger partial charge in [0.05, 0.1) is 5.41 Å². The Hall–Kier alpha value is -1.56. The van der Waals surface area contributed by atoms with E-state index in [2.05, 4.69) is 35.4 Å². The van der Waals surface area contributed by atoms with Crippen molar-refractivity contribution in [1.29, 1.82) is 0 Å². The van der Waals surface area contributed by atoms with Crippen molar-refractivity contribution in [3.05, 3.63) is 35.5 Å². The minimum Gasteiger partial charge on any atom is -0.381 e. The van der Waals surface area contributed by atoms with Crippen LogP contribution in [0.25, 0.3) is 10.9 Å². The molecule has 0 radical (unpaired) electrons. The van der Waals surface area contributed by atoms with Crippen LogP contribution in [0.4, 0.5) is 0 Å². The molecule has 1 amide bonds. The quantitative estimate of drug-likeness (QED) is 0.773. The third-order valence-electron chi connectivity index (χ3n) is 5.01. The summed E-state index contributed by atoms with van der Waals surface area (Å²) in [6.07, 6.45) is 4.27. The fourth-order valence-electron chi connectivity index (χ4n) is 3.36. The number of aromatic amines is 1. The molecule has 1 aromatic heterocycles. The maximum Gasteiger partial charge on any atom is 0.227 e. The van der Waals surface area contributed by atoms with Crippen LogP contribution in [0.15, 0.2) is 24.4 Å². The van der Waals surface area contributed by atoms with E-state index < -0.39 is 5.41 Å². The molecule has 0 bridgehead atoms. The first-order valence-corrected chi connectivity index (χ1v) is 8.28. The summed E-state index contributed by atoms with van der Waals surface area (Å²) >= 11 is 0. The second-order valence-corrected chi connectivity index (χ2v) is 6.41. The first-order valence-electron chi connectivity index (χ1n) is 8.28. The van der Waals surface area contributed by atoms with Gasteiger partial charge in [0.15, 0.2) is 0 Å². The number of carbonyl (C=O) groups excluding carboxylic acids is 1. The van der Waals surface area contributed by atoms with E-state index in [1.54, 1.807) is 0 Å². The van der Waals surface area contributed by atoms with Crippen molar-refractivity contribution in [3.63, 3.8) is 0 Å². The Morgan fingerprint density at radius 3 is 2.83 bits per heavy atom. The molecule has 0 saturated carbocycles. The highest BCUT2D eigenvalue weighted by Gasteiger charge is 2.38. The number of aryl methyl sites for hydroxylation is 1. The van der Waals surface area contributed by atoms with Crippen molar-refractivity contribution in [2.75, 3.05) is 26.3 Å². The lowest BCUT2D eigenvalue weighted by Gasteiger charge is -2.34. The lowest BCUT2D eigenvalue weighted by Crippen LogP contribution is -2.49. The molecule has 6 heteroatoms. The summed E-state index contributed by atoms with van der Waals surface area (Å²) in [5.41, 5.74) is 9.08. The van der Waals surface area contributed by atoms with Gasteiger partial charge in [-0.1, -0.05) is 18.2 Å². The molecule has 0 spiro atoms. The van der Waals surface area contributed by atoms with Crippen LogP contribution in [0, 0.1) is 12.3 Å². The van der Waals surface area contributed by atoms with E-state index in [-0.39, 0.29) is 18.3 Å². The van der Waals surface area contributed by atoms with Gasteiger partial charge in [-0.25, -0.2) is 0 Å². The third kappa shape index (κ3) is 3.58. The van der Waals surface area contributed by atoms with Gasteiger partial charge in [-0.2, -0.15) is 0 Å². The standard InChI is InChI=1S/C18H25N3O2.ClH/c1-13-3-2-4-15-14(11-21-16(13)15)5-8-20-17(22)18(12-19)6-9-23-10-7-18;/h2-4,11,21H,5-10,12,19H2,1H3,(H,20,22);1H. The molecule has 1 aliphatic heterocycles. The molecule has 24 heavy (non-hydrogen) atoms. The van der Waals surface area contributed by atoms with Gasteiger partial charge in [-0.15, -0.1) is 12.4 Å². The average molecular weight is 352 g/mol. The highest BCUT2D eigenvalue weighted by atomic mass is 35.5. The number of aromatic nitrogens is 1. The zero-order valence-electron chi connectivity index (χ0n) is 14.1. The Morgan fingerprint density at radius 1 is 1.38 bits per heavy atom. The maximum absolute atomic E-state index is 12.5. The van der Waals surface area contributed by atoms with E-state index in [0.717, 1.165) is 6.42 Å². The number of hydrogen-bond donors (Lipinski definition) is 3. The Kier molecular flexibility index (Phi) is 6.27. The Balaban J connectivity index is 0.00000208. The molecule has 1 saturated heterocycles. The van der Waals surface area contributed by atoms with Crippen molar-refractivity contribution < 1.29 is 9.53 Å². The number of nitrogens with two attached hydrogens (primary N) is 1. The van der Waals surface area contributed by atoms with E-state index in [4.69, 9.17) is 10.5 Å². The number of halogens is 1. The molecule has 1 aromatic carbocycles. The number of rotatable bonds is 5. The number of hydrogen-bond acceptors (Lipinski definition) is 3. The van der Waals surface area contributed by atoms with Crippen molar-refractivity contribution in [2.24, 2.45) is 11.1 Å². The fraction of sp³-hybridized carbons (Fsp3) is 0.500. The molecule has 1 aliphatic rings. The summed E-state index contributed by atoms with van der Waals surface area (Å²) in [4.78, 5) is 15.9. The molecule has 5 nitrogen and oxygen atoms in total. The summed E-state index contributed by atoms with van der Waals surface area (Å²) < 4.78 is 5.36. The van der Waals surface area contributed by atoms with Crippen molar-refractivity contribution in [3.8, 4) is 0 Å². The SMILES string of the molecule is Cc1cccc2c(CCNC(=O)C3(CN)CCOCC3)c[nH]c12.Cl. The third-order valence-corrected chi connectivity index (χ3v) is 5.01. The largest absolute Gasteiger partial charge is 0.381 e. The van der Waals surface area contributed by atoms with Crippen LogP contribution < -0.4 is 11.1 Å². The van der Waals surface area contributed by atoms with Crippen LogP contribution in [0.3, 0.4) is 0 Å². The van der Waals surface area contributed by atoms with Crippen molar-refractivity contribution in [1.82, 2.24) is 10.3 Å². The first-order chi connectivity index (χ1) is 11.2. The Bertz CT molecular complexity index is 693. The van der Waals surface area contributed by atoms with Gasteiger partial charge < -0.3 is 20.8 Å². The van der Waals surface area contributed by atoms with Gasteiger partial charge >= 0.3 is 0 Å². The lowest BCUT2D eigenvalue weighted by molar-refractivity contribution is -0.135. The average Bonchev–Trinajstić information content (AvgIpc) is 3.00. The van der Waals surface area contributed by atoms with Crippen LogP contribution in [0.2, 0.25) is 0 Å². The Labute approximate surface area is 148 Å². The number of carbonyl (C=O) groups is 1. The minimum atomic E-state index is -0.449. The molecular formula is C18H26ClN3O2. The summed E-state index contributed by atoms with van der Waals surface area (Å²) in [5.74, 6) is 0.0688. The summed E-state index contributed by atoms with van der Waals surface area (Å²) in [5, 5.41) is 4.31. The fourth-order valence-corrected chi connectivity index (χ4v) is 3.36. The molecule has 132 valence electrons. The zero-order chi connectivity index (χ0) is 16.3. The topological polar surface area (TPSA) is 80.1 Å².